The van der Waals surface area contributed by atoms with Crippen LogP contribution in [0.1, 0.15) is 39.7 Å². The first kappa shape index (κ1) is 20.0. The SMILES string of the molecule is COc1ccc(CCN2C(=O)C3C4c5ccccc5C(c5ccccc54)C3C2=O)cc1OC. The molecule has 1 saturated heterocycles. The zero-order chi connectivity index (χ0) is 22.7. The van der Waals surface area contributed by atoms with Gasteiger partial charge in [0.1, 0.15) is 0 Å². The molecule has 7 rings (SSSR count). The molecular formula is C28H25NO4. The maximum absolute atomic E-state index is 13.7. The van der Waals surface area contributed by atoms with Gasteiger partial charge in [-0.15, -0.1) is 0 Å². The lowest BCUT2D eigenvalue weighted by atomic mass is 9.55. The van der Waals surface area contributed by atoms with Gasteiger partial charge in [-0.2, -0.15) is 0 Å². The van der Waals surface area contributed by atoms with Crippen LogP contribution in [0.25, 0.3) is 0 Å². The molecule has 2 unspecified atom stereocenters. The highest BCUT2D eigenvalue weighted by Gasteiger charge is 2.61. The predicted octanol–water partition coefficient (Wildman–Crippen LogP) is 4.14. The van der Waals surface area contributed by atoms with Gasteiger partial charge in [0.25, 0.3) is 0 Å². The molecule has 4 aliphatic rings. The molecule has 0 saturated carbocycles. The zero-order valence-corrected chi connectivity index (χ0v) is 18.7. The van der Waals surface area contributed by atoms with E-state index >= 15 is 0 Å². The van der Waals surface area contributed by atoms with Crippen molar-refractivity contribution in [1.82, 2.24) is 4.90 Å². The van der Waals surface area contributed by atoms with E-state index in [0.29, 0.717) is 24.5 Å². The fraction of sp³-hybridized carbons (Fsp3) is 0.286. The zero-order valence-electron chi connectivity index (χ0n) is 18.7. The first-order chi connectivity index (χ1) is 16.1. The van der Waals surface area contributed by atoms with Gasteiger partial charge in [0.2, 0.25) is 11.8 Å². The summed E-state index contributed by atoms with van der Waals surface area (Å²) in [4.78, 5) is 28.8. The standard InChI is InChI=1S/C28H25NO4/c1-32-21-12-11-16(15-22(21)33-2)13-14-29-27(30)25-23-17-7-3-4-8-18(17)24(26(25)28(29)31)20-10-6-5-9-19(20)23/h3-12,15,23-26H,13-14H2,1-2H3. The van der Waals surface area contributed by atoms with E-state index in [1.54, 1.807) is 14.2 Å². The number of methoxy groups -OCH3 is 2. The number of carbonyl (C=O) groups is 2. The molecule has 2 atom stereocenters. The summed E-state index contributed by atoms with van der Waals surface area (Å²) < 4.78 is 10.7. The van der Waals surface area contributed by atoms with Gasteiger partial charge in [0, 0.05) is 18.4 Å². The van der Waals surface area contributed by atoms with Gasteiger partial charge in [-0.05, 0) is 46.4 Å². The minimum Gasteiger partial charge on any atom is -0.493 e. The van der Waals surface area contributed by atoms with Crippen LogP contribution in [-0.4, -0.2) is 37.5 Å². The smallest absolute Gasteiger partial charge is 0.234 e. The molecule has 5 nitrogen and oxygen atoms in total. The minimum atomic E-state index is -0.322. The van der Waals surface area contributed by atoms with Crippen molar-refractivity contribution in [3.8, 4) is 11.5 Å². The second-order valence-corrected chi connectivity index (χ2v) is 9.03. The lowest BCUT2D eigenvalue weighted by Crippen LogP contribution is -2.41. The summed E-state index contributed by atoms with van der Waals surface area (Å²) in [7, 11) is 3.20. The average molecular weight is 440 g/mol. The van der Waals surface area contributed by atoms with Crippen LogP contribution in [0.15, 0.2) is 66.7 Å². The van der Waals surface area contributed by atoms with Gasteiger partial charge in [-0.1, -0.05) is 54.6 Å². The third-order valence-electron chi connectivity index (χ3n) is 7.61. The third-order valence-corrected chi connectivity index (χ3v) is 7.61. The molecule has 1 fully saturated rings. The number of hydrogen-bond acceptors (Lipinski definition) is 4. The predicted molar refractivity (Wildman–Crippen MR) is 124 cm³/mol. The lowest BCUT2D eigenvalue weighted by Gasteiger charge is -2.45. The molecule has 5 heteroatoms. The van der Waals surface area contributed by atoms with E-state index in [9.17, 15) is 9.59 Å². The van der Waals surface area contributed by atoms with Crippen molar-refractivity contribution >= 4 is 11.8 Å². The third kappa shape index (κ3) is 2.78. The second-order valence-electron chi connectivity index (χ2n) is 9.03. The highest BCUT2D eigenvalue weighted by molar-refractivity contribution is 6.07. The molecule has 1 aliphatic heterocycles. The van der Waals surface area contributed by atoms with Gasteiger partial charge in [0.05, 0.1) is 26.1 Å². The van der Waals surface area contributed by atoms with Crippen LogP contribution in [0.5, 0.6) is 11.5 Å². The molecule has 3 aromatic carbocycles. The number of amides is 2. The normalized spacial score (nSPS) is 24.4. The topological polar surface area (TPSA) is 55.8 Å². The van der Waals surface area contributed by atoms with Gasteiger partial charge in [-0.3, -0.25) is 14.5 Å². The Morgan fingerprint density at radius 1 is 0.697 bits per heavy atom. The maximum atomic E-state index is 13.7. The number of ether oxygens (including phenoxy) is 2. The van der Waals surface area contributed by atoms with Crippen molar-refractivity contribution in [2.45, 2.75) is 18.3 Å². The quantitative estimate of drug-likeness (QED) is 0.561. The van der Waals surface area contributed by atoms with Crippen LogP contribution in [0, 0.1) is 11.8 Å². The van der Waals surface area contributed by atoms with Crippen LogP contribution in [0.4, 0.5) is 0 Å². The van der Waals surface area contributed by atoms with Crippen LogP contribution >= 0.6 is 0 Å². The van der Waals surface area contributed by atoms with Gasteiger partial charge >= 0.3 is 0 Å². The van der Waals surface area contributed by atoms with E-state index in [1.165, 1.54) is 27.2 Å². The largest absolute Gasteiger partial charge is 0.493 e. The van der Waals surface area contributed by atoms with Crippen LogP contribution in [0.2, 0.25) is 0 Å². The van der Waals surface area contributed by atoms with E-state index in [0.717, 1.165) is 5.56 Å². The summed E-state index contributed by atoms with van der Waals surface area (Å²) in [5, 5.41) is 0. The number of hydrogen-bond donors (Lipinski definition) is 0. The molecule has 2 amide bonds. The summed E-state index contributed by atoms with van der Waals surface area (Å²) in [5.74, 6) is 0.466. The van der Waals surface area contributed by atoms with E-state index in [4.69, 9.17) is 9.47 Å². The number of imide groups is 1. The number of carbonyl (C=O) groups excluding carboxylic acids is 2. The Hall–Kier alpha value is -3.60. The van der Waals surface area contributed by atoms with Crippen molar-refractivity contribution in [3.63, 3.8) is 0 Å². The molecule has 0 aromatic heterocycles. The van der Waals surface area contributed by atoms with Crippen molar-refractivity contribution < 1.29 is 19.1 Å². The summed E-state index contributed by atoms with van der Waals surface area (Å²) in [6.07, 6.45) is 0.576. The molecule has 33 heavy (non-hydrogen) atoms. The van der Waals surface area contributed by atoms with Crippen LogP contribution < -0.4 is 9.47 Å². The van der Waals surface area contributed by atoms with Gasteiger partial charge in [0.15, 0.2) is 11.5 Å². The van der Waals surface area contributed by atoms with E-state index in [2.05, 4.69) is 24.3 Å². The lowest BCUT2D eigenvalue weighted by molar-refractivity contribution is -0.139. The van der Waals surface area contributed by atoms with Crippen LogP contribution in [0.3, 0.4) is 0 Å². The van der Waals surface area contributed by atoms with E-state index in [-0.39, 0.29) is 35.5 Å². The first-order valence-electron chi connectivity index (χ1n) is 11.4. The fourth-order valence-corrected chi connectivity index (χ4v) is 6.24. The fourth-order valence-electron chi connectivity index (χ4n) is 6.24. The van der Waals surface area contributed by atoms with Crippen molar-refractivity contribution in [2.75, 3.05) is 20.8 Å². The maximum Gasteiger partial charge on any atom is 0.234 e. The van der Waals surface area contributed by atoms with E-state index < -0.39 is 0 Å². The summed E-state index contributed by atoms with van der Waals surface area (Å²) >= 11 is 0. The van der Waals surface area contributed by atoms with Crippen LogP contribution in [-0.2, 0) is 16.0 Å². The molecule has 3 aliphatic carbocycles. The molecule has 2 bridgehead atoms. The molecular weight excluding hydrogens is 414 g/mol. The molecule has 3 aromatic rings. The highest BCUT2D eigenvalue weighted by Crippen LogP contribution is 2.60. The van der Waals surface area contributed by atoms with Gasteiger partial charge < -0.3 is 9.47 Å². The Morgan fingerprint density at radius 2 is 1.18 bits per heavy atom. The Labute approximate surface area is 192 Å². The first-order valence-corrected chi connectivity index (χ1v) is 11.4. The molecule has 0 spiro atoms. The van der Waals surface area contributed by atoms with E-state index in [1.807, 2.05) is 42.5 Å². The number of benzene rings is 3. The number of likely N-dealkylation sites (tertiary alicyclic amines) is 1. The number of nitrogens with zero attached hydrogens (tertiary/aromatic N) is 1. The molecule has 0 radical (unpaired) electrons. The Bertz CT molecular complexity index is 1170. The molecule has 166 valence electrons. The summed E-state index contributed by atoms with van der Waals surface area (Å²) in [6.45, 7) is 0.367. The van der Waals surface area contributed by atoms with Crippen molar-refractivity contribution in [3.05, 3.63) is 94.5 Å². The minimum absolute atomic E-state index is 0.0375. The monoisotopic (exact) mass is 439 g/mol. The van der Waals surface area contributed by atoms with Crippen molar-refractivity contribution in [2.24, 2.45) is 11.8 Å². The molecule has 0 N–H and O–H groups in total. The summed E-state index contributed by atoms with van der Waals surface area (Å²) in [5.41, 5.74) is 5.80. The van der Waals surface area contributed by atoms with Crippen molar-refractivity contribution in [1.29, 1.82) is 0 Å². The second kappa shape index (κ2) is 7.48. The highest BCUT2D eigenvalue weighted by atomic mass is 16.5. The Kier molecular flexibility index (Phi) is 4.54. The average Bonchev–Trinajstić information content (AvgIpc) is 3.12. The number of rotatable bonds is 5. The Morgan fingerprint density at radius 3 is 1.64 bits per heavy atom. The van der Waals surface area contributed by atoms with Gasteiger partial charge in [-0.25, -0.2) is 0 Å². The Balaban J connectivity index is 1.34. The summed E-state index contributed by atoms with van der Waals surface area (Å²) in [6, 6.07) is 22.4. The molecule has 1 heterocycles.